The zero-order valence-corrected chi connectivity index (χ0v) is 12.2. The van der Waals surface area contributed by atoms with E-state index in [0.717, 1.165) is 28.5 Å². The number of imidazole rings is 1. The number of aryl methyl sites for hydroxylation is 1. The SMILES string of the molecule is Cc1ccc(NCCSc2nc3ccccc3[nH]2)cc1. The highest BCUT2D eigenvalue weighted by Gasteiger charge is 2.01. The molecule has 0 amide bonds. The van der Waals surface area contributed by atoms with Gasteiger partial charge in [0.25, 0.3) is 0 Å². The number of aromatic amines is 1. The van der Waals surface area contributed by atoms with E-state index in [0.29, 0.717) is 0 Å². The van der Waals surface area contributed by atoms with Gasteiger partial charge in [0.15, 0.2) is 5.16 Å². The number of para-hydroxylation sites is 2. The Morgan fingerprint density at radius 1 is 1.10 bits per heavy atom. The van der Waals surface area contributed by atoms with E-state index in [-0.39, 0.29) is 0 Å². The van der Waals surface area contributed by atoms with Crippen LogP contribution in [0, 0.1) is 6.92 Å². The van der Waals surface area contributed by atoms with Crippen molar-refractivity contribution in [3.63, 3.8) is 0 Å². The van der Waals surface area contributed by atoms with E-state index in [2.05, 4.69) is 52.5 Å². The van der Waals surface area contributed by atoms with Crippen LogP contribution in [0.4, 0.5) is 5.69 Å². The number of rotatable bonds is 5. The largest absolute Gasteiger partial charge is 0.384 e. The number of anilines is 1. The van der Waals surface area contributed by atoms with Gasteiger partial charge in [-0.1, -0.05) is 41.6 Å². The second-order valence-electron chi connectivity index (χ2n) is 4.70. The first kappa shape index (κ1) is 13.1. The zero-order valence-electron chi connectivity index (χ0n) is 11.4. The van der Waals surface area contributed by atoms with Gasteiger partial charge in [-0.15, -0.1) is 0 Å². The highest BCUT2D eigenvalue weighted by molar-refractivity contribution is 7.99. The maximum absolute atomic E-state index is 4.55. The van der Waals surface area contributed by atoms with Gasteiger partial charge in [0, 0.05) is 18.0 Å². The predicted octanol–water partition coefficient (Wildman–Crippen LogP) is 4.08. The summed E-state index contributed by atoms with van der Waals surface area (Å²) in [6.07, 6.45) is 0. The van der Waals surface area contributed by atoms with Crippen LogP contribution in [-0.4, -0.2) is 22.3 Å². The van der Waals surface area contributed by atoms with Gasteiger partial charge in [0.05, 0.1) is 11.0 Å². The van der Waals surface area contributed by atoms with Crippen molar-refractivity contribution in [3.05, 3.63) is 54.1 Å². The highest BCUT2D eigenvalue weighted by atomic mass is 32.2. The summed E-state index contributed by atoms with van der Waals surface area (Å²) in [4.78, 5) is 7.87. The number of nitrogens with one attached hydrogen (secondary N) is 2. The van der Waals surface area contributed by atoms with Gasteiger partial charge in [-0.2, -0.15) is 0 Å². The van der Waals surface area contributed by atoms with Gasteiger partial charge < -0.3 is 10.3 Å². The van der Waals surface area contributed by atoms with Crippen LogP contribution in [0.1, 0.15) is 5.56 Å². The predicted molar refractivity (Wildman–Crippen MR) is 86.5 cm³/mol. The topological polar surface area (TPSA) is 40.7 Å². The lowest BCUT2D eigenvalue weighted by atomic mass is 10.2. The summed E-state index contributed by atoms with van der Waals surface area (Å²) >= 11 is 1.74. The second kappa shape index (κ2) is 6.01. The van der Waals surface area contributed by atoms with Gasteiger partial charge in [0.1, 0.15) is 0 Å². The summed E-state index contributed by atoms with van der Waals surface area (Å²) in [7, 11) is 0. The van der Waals surface area contributed by atoms with Crippen molar-refractivity contribution in [1.82, 2.24) is 9.97 Å². The van der Waals surface area contributed by atoms with Crippen molar-refractivity contribution in [3.8, 4) is 0 Å². The first-order chi connectivity index (χ1) is 9.81. The average molecular weight is 283 g/mol. The number of aromatic nitrogens is 2. The Bertz CT molecular complexity index is 655. The van der Waals surface area contributed by atoms with Crippen LogP contribution in [0.2, 0.25) is 0 Å². The summed E-state index contributed by atoms with van der Waals surface area (Å²) in [5, 5.41) is 4.40. The quantitative estimate of drug-likeness (QED) is 0.547. The Hall–Kier alpha value is -1.94. The molecule has 0 saturated carbocycles. The maximum Gasteiger partial charge on any atom is 0.166 e. The maximum atomic E-state index is 4.55. The Morgan fingerprint density at radius 2 is 1.90 bits per heavy atom. The number of hydrogen-bond acceptors (Lipinski definition) is 3. The Morgan fingerprint density at radius 3 is 2.70 bits per heavy atom. The number of benzene rings is 2. The molecule has 4 heteroatoms. The molecule has 2 N–H and O–H groups in total. The Kier molecular flexibility index (Phi) is 3.92. The first-order valence-electron chi connectivity index (χ1n) is 6.69. The lowest BCUT2D eigenvalue weighted by Gasteiger charge is -2.05. The highest BCUT2D eigenvalue weighted by Crippen LogP contribution is 2.19. The van der Waals surface area contributed by atoms with Crippen molar-refractivity contribution < 1.29 is 0 Å². The molecule has 0 fully saturated rings. The lowest BCUT2D eigenvalue weighted by Crippen LogP contribution is -2.03. The van der Waals surface area contributed by atoms with Gasteiger partial charge in [-0.3, -0.25) is 0 Å². The molecular formula is C16H17N3S. The molecule has 0 aliphatic heterocycles. The molecule has 3 aromatic rings. The van der Waals surface area contributed by atoms with Crippen LogP contribution in [0.3, 0.4) is 0 Å². The molecule has 0 aliphatic carbocycles. The third kappa shape index (κ3) is 3.14. The molecule has 20 heavy (non-hydrogen) atoms. The van der Waals surface area contributed by atoms with E-state index in [4.69, 9.17) is 0 Å². The smallest absolute Gasteiger partial charge is 0.166 e. The van der Waals surface area contributed by atoms with Crippen molar-refractivity contribution in [2.45, 2.75) is 12.1 Å². The van der Waals surface area contributed by atoms with E-state index in [1.807, 2.05) is 18.2 Å². The van der Waals surface area contributed by atoms with Crippen LogP contribution < -0.4 is 5.32 Å². The minimum absolute atomic E-state index is 0.921. The number of H-pyrrole nitrogens is 1. The van der Waals surface area contributed by atoms with Crippen LogP contribution in [-0.2, 0) is 0 Å². The number of thioether (sulfide) groups is 1. The Labute approximate surface area is 122 Å². The average Bonchev–Trinajstić information content (AvgIpc) is 2.88. The van der Waals surface area contributed by atoms with E-state index in [9.17, 15) is 0 Å². The number of hydrogen-bond donors (Lipinski definition) is 2. The van der Waals surface area contributed by atoms with Crippen molar-refractivity contribution in [1.29, 1.82) is 0 Å². The first-order valence-corrected chi connectivity index (χ1v) is 7.68. The third-order valence-electron chi connectivity index (χ3n) is 3.09. The fourth-order valence-electron chi connectivity index (χ4n) is 2.01. The monoisotopic (exact) mass is 283 g/mol. The summed E-state index contributed by atoms with van der Waals surface area (Å²) < 4.78 is 0. The van der Waals surface area contributed by atoms with Gasteiger partial charge >= 0.3 is 0 Å². The molecule has 3 nitrogen and oxygen atoms in total. The normalized spacial score (nSPS) is 10.8. The van der Waals surface area contributed by atoms with Crippen LogP contribution in [0.15, 0.2) is 53.7 Å². The standard InChI is InChI=1S/C16H17N3S/c1-12-6-8-13(9-7-12)17-10-11-20-16-18-14-4-2-3-5-15(14)19-16/h2-9,17H,10-11H2,1H3,(H,18,19). The van der Waals surface area contributed by atoms with E-state index in [1.165, 1.54) is 11.3 Å². The minimum atomic E-state index is 0.921. The van der Waals surface area contributed by atoms with E-state index in [1.54, 1.807) is 11.8 Å². The molecule has 1 aromatic heterocycles. The van der Waals surface area contributed by atoms with E-state index < -0.39 is 0 Å². The molecule has 0 saturated heterocycles. The molecule has 3 rings (SSSR count). The van der Waals surface area contributed by atoms with Crippen molar-refractivity contribution in [2.75, 3.05) is 17.6 Å². The second-order valence-corrected chi connectivity index (χ2v) is 5.78. The minimum Gasteiger partial charge on any atom is -0.384 e. The molecule has 0 bridgehead atoms. The fraction of sp³-hybridized carbons (Fsp3) is 0.188. The summed E-state index contributed by atoms with van der Waals surface area (Å²) in [6, 6.07) is 16.6. The molecule has 102 valence electrons. The van der Waals surface area contributed by atoms with Crippen molar-refractivity contribution in [2.24, 2.45) is 0 Å². The molecule has 0 atom stereocenters. The summed E-state index contributed by atoms with van der Waals surface area (Å²) in [5.41, 5.74) is 4.58. The lowest BCUT2D eigenvalue weighted by molar-refractivity contribution is 1.07. The van der Waals surface area contributed by atoms with Crippen LogP contribution in [0.5, 0.6) is 0 Å². The van der Waals surface area contributed by atoms with Gasteiger partial charge in [0.2, 0.25) is 0 Å². The summed E-state index contributed by atoms with van der Waals surface area (Å²) in [6.45, 7) is 3.02. The Balaban J connectivity index is 1.51. The molecule has 2 aromatic carbocycles. The van der Waals surface area contributed by atoms with Gasteiger partial charge in [-0.25, -0.2) is 4.98 Å². The molecule has 0 aliphatic rings. The molecule has 0 unspecified atom stereocenters. The zero-order chi connectivity index (χ0) is 13.8. The number of fused-ring (bicyclic) bond motifs is 1. The van der Waals surface area contributed by atoms with Gasteiger partial charge in [-0.05, 0) is 31.2 Å². The van der Waals surface area contributed by atoms with Crippen molar-refractivity contribution >= 4 is 28.5 Å². The molecular weight excluding hydrogens is 266 g/mol. The van der Waals surface area contributed by atoms with Crippen LogP contribution >= 0.6 is 11.8 Å². The molecule has 0 spiro atoms. The van der Waals surface area contributed by atoms with E-state index >= 15 is 0 Å². The van der Waals surface area contributed by atoms with Crippen LogP contribution in [0.25, 0.3) is 11.0 Å². The summed E-state index contributed by atoms with van der Waals surface area (Å²) in [5.74, 6) is 0.980. The molecule has 0 radical (unpaired) electrons. The number of nitrogens with zero attached hydrogens (tertiary/aromatic N) is 1. The third-order valence-corrected chi connectivity index (χ3v) is 3.96. The molecule has 1 heterocycles. The fourth-order valence-corrected chi connectivity index (χ4v) is 2.75.